The first-order valence-electron chi connectivity index (χ1n) is 4.97. The number of aromatic nitrogens is 2. The van der Waals surface area contributed by atoms with E-state index in [9.17, 15) is 0 Å². The largest absolute Gasteiger partial charge is 0.395 e. The van der Waals surface area contributed by atoms with Crippen molar-refractivity contribution < 1.29 is 5.11 Å². The van der Waals surface area contributed by atoms with E-state index in [1.165, 1.54) is 5.69 Å². The summed E-state index contributed by atoms with van der Waals surface area (Å²) in [6.45, 7) is 6.02. The highest BCUT2D eigenvalue weighted by molar-refractivity contribution is 4.99. The molecule has 0 unspecified atom stereocenters. The SMILES string of the molecule is CC(C)N(CCO)Cc1ccnn1C. The van der Waals surface area contributed by atoms with Crippen molar-refractivity contribution in [2.24, 2.45) is 7.05 Å². The molecule has 0 saturated carbocycles. The van der Waals surface area contributed by atoms with E-state index in [0.29, 0.717) is 12.6 Å². The summed E-state index contributed by atoms with van der Waals surface area (Å²) in [5, 5.41) is 13.0. The molecule has 4 nitrogen and oxygen atoms in total. The maximum absolute atomic E-state index is 8.92. The van der Waals surface area contributed by atoms with Gasteiger partial charge < -0.3 is 5.11 Å². The van der Waals surface area contributed by atoms with E-state index in [2.05, 4.69) is 23.8 Å². The van der Waals surface area contributed by atoms with Gasteiger partial charge in [0.2, 0.25) is 0 Å². The van der Waals surface area contributed by atoms with Gasteiger partial charge in [0.25, 0.3) is 0 Å². The lowest BCUT2D eigenvalue weighted by atomic mass is 10.3. The Balaban J connectivity index is 2.60. The Bertz CT molecular complexity index is 270. The van der Waals surface area contributed by atoms with Gasteiger partial charge in [-0.3, -0.25) is 9.58 Å². The summed E-state index contributed by atoms with van der Waals surface area (Å²) < 4.78 is 1.87. The number of aliphatic hydroxyl groups is 1. The molecule has 0 aliphatic heterocycles. The molecule has 1 aromatic heterocycles. The Kier molecular flexibility index (Phi) is 4.10. The molecule has 0 bridgehead atoms. The van der Waals surface area contributed by atoms with Crippen LogP contribution in [0.1, 0.15) is 19.5 Å². The number of aryl methyl sites for hydroxylation is 1. The number of hydrogen-bond donors (Lipinski definition) is 1. The molecule has 80 valence electrons. The van der Waals surface area contributed by atoms with Crippen LogP contribution in [0.2, 0.25) is 0 Å². The average molecular weight is 197 g/mol. The van der Waals surface area contributed by atoms with Crippen LogP contribution in [0.3, 0.4) is 0 Å². The third-order valence-corrected chi connectivity index (χ3v) is 2.41. The highest BCUT2D eigenvalue weighted by Gasteiger charge is 2.10. The molecule has 1 N–H and O–H groups in total. The lowest BCUT2D eigenvalue weighted by molar-refractivity contribution is 0.156. The van der Waals surface area contributed by atoms with E-state index in [1.807, 2.05) is 17.8 Å². The minimum absolute atomic E-state index is 0.204. The van der Waals surface area contributed by atoms with E-state index in [4.69, 9.17) is 5.11 Å². The smallest absolute Gasteiger partial charge is 0.0558 e. The van der Waals surface area contributed by atoms with Crippen molar-refractivity contribution in [2.45, 2.75) is 26.4 Å². The van der Waals surface area contributed by atoms with Crippen LogP contribution >= 0.6 is 0 Å². The third-order valence-electron chi connectivity index (χ3n) is 2.41. The molecule has 0 aromatic carbocycles. The summed E-state index contributed by atoms with van der Waals surface area (Å²) in [4.78, 5) is 2.22. The summed E-state index contributed by atoms with van der Waals surface area (Å²) in [5.41, 5.74) is 1.17. The number of hydrogen-bond acceptors (Lipinski definition) is 3. The topological polar surface area (TPSA) is 41.3 Å². The van der Waals surface area contributed by atoms with E-state index < -0.39 is 0 Å². The Morgan fingerprint density at radius 1 is 1.57 bits per heavy atom. The first kappa shape index (κ1) is 11.2. The zero-order valence-corrected chi connectivity index (χ0v) is 9.14. The van der Waals surface area contributed by atoms with E-state index >= 15 is 0 Å². The molecule has 0 aliphatic carbocycles. The molecule has 1 rings (SSSR count). The Morgan fingerprint density at radius 2 is 2.29 bits per heavy atom. The van der Waals surface area contributed by atoms with E-state index in [1.54, 1.807) is 6.20 Å². The zero-order valence-electron chi connectivity index (χ0n) is 9.14. The fraction of sp³-hybridized carbons (Fsp3) is 0.700. The molecule has 0 saturated heterocycles. The molecule has 14 heavy (non-hydrogen) atoms. The molecule has 4 heteroatoms. The van der Waals surface area contributed by atoms with Crippen molar-refractivity contribution in [1.82, 2.24) is 14.7 Å². The highest BCUT2D eigenvalue weighted by Crippen LogP contribution is 2.06. The lowest BCUT2D eigenvalue weighted by Crippen LogP contribution is -2.33. The molecule has 1 heterocycles. The zero-order chi connectivity index (χ0) is 10.6. The number of rotatable bonds is 5. The monoisotopic (exact) mass is 197 g/mol. The molecule has 1 aromatic rings. The van der Waals surface area contributed by atoms with Gasteiger partial charge in [0.05, 0.1) is 12.3 Å². The summed E-state index contributed by atoms with van der Waals surface area (Å²) in [6, 6.07) is 2.45. The van der Waals surface area contributed by atoms with Crippen molar-refractivity contribution in [1.29, 1.82) is 0 Å². The van der Waals surface area contributed by atoms with E-state index in [0.717, 1.165) is 6.54 Å². The van der Waals surface area contributed by atoms with Crippen LogP contribution in [-0.4, -0.2) is 39.0 Å². The normalized spacial score (nSPS) is 11.6. The summed E-state index contributed by atoms with van der Waals surface area (Å²) >= 11 is 0. The van der Waals surface area contributed by atoms with Crippen LogP contribution in [0.15, 0.2) is 12.3 Å². The summed E-state index contributed by atoms with van der Waals surface area (Å²) in [6.07, 6.45) is 1.80. The maximum atomic E-state index is 8.92. The first-order valence-corrected chi connectivity index (χ1v) is 4.97. The summed E-state index contributed by atoms with van der Waals surface area (Å²) in [5.74, 6) is 0. The van der Waals surface area contributed by atoms with Gasteiger partial charge in [0.15, 0.2) is 0 Å². The molecule has 0 radical (unpaired) electrons. The van der Waals surface area contributed by atoms with Crippen molar-refractivity contribution in [3.63, 3.8) is 0 Å². The van der Waals surface area contributed by atoms with Gasteiger partial charge in [-0.05, 0) is 19.9 Å². The van der Waals surface area contributed by atoms with Crippen LogP contribution in [0.25, 0.3) is 0 Å². The lowest BCUT2D eigenvalue weighted by Gasteiger charge is -2.25. The van der Waals surface area contributed by atoms with Gasteiger partial charge in [0.1, 0.15) is 0 Å². The fourth-order valence-electron chi connectivity index (χ4n) is 1.41. The molecular formula is C10H19N3O. The second-order valence-corrected chi connectivity index (χ2v) is 3.73. The predicted molar refractivity (Wildman–Crippen MR) is 55.8 cm³/mol. The standard InChI is InChI=1S/C10H19N3O/c1-9(2)13(6-7-14)8-10-4-5-11-12(10)3/h4-5,9,14H,6-8H2,1-3H3. The summed E-state index contributed by atoms with van der Waals surface area (Å²) in [7, 11) is 1.94. The number of nitrogens with zero attached hydrogens (tertiary/aromatic N) is 3. The van der Waals surface area contributed by atoms with Crippen LogP contribution in [0.5, 0.6) is 0 Å². The van der Waals surface area contributed by atoms with E-state index in [-0.39, 0.29) is 6.61 Å². The fourth-order valence-corrected chi connectivity index (χ4v) is 1.41. The van der Waals surface area contributed by atoms with Crippen LogP contribution < -0.4 is 0 Å². The number of aliphatic hydroxyl groups excluding tert-OH is 1. The van der Waals surface area contributed by atoms with Crippen LogP contribution in [-0.2, 0) is 13.6 Å². The van der Waals surface area contributed by atoms with Gasteiger partial charge >= 0.3 is 0 Å². The quantitative estimate of drug-likeness (QED) is 0.752. The molecule has 0 amide bonds. The van der Waals surface area contributed by atoms with Gasteiger partial charge in [-0.2, -0.15) is 5.10 Å². The minimum Gasteiger partial charge on any atom is -0.395 e. The van der Waals surface area contributed by atoms with Gasteiger partial charge in [-0.1, -0.05) is 0 Å². The molecule has 0 fully saturated rings. The molecule has 0 spiro atoms. The Hall–Kier alpha value is -0.870. The molecule has 0 atom stereocenters. The minimum atomic E-state index is 0.204. The second-order valence-electron chi connectivity index (χ2n) is 3.73. The van der Waals surface area contributed by atoms with Crippen LogP contribution in [0.4, 0.5) is 0 Å². The molecule has 0 aliphatic rings. The van der Waals surface area contributed by atoms with Gasteiger partial charge in [0, 0.05) is 32.4 Å². The third kappa shape index (κ3) is 2.82. The van der Waals surface area contributed by atoms with Gasteiger partial charge in [-0.15, -0.1) is 0 Å². The van der Waals surface area contributed by atoms with Gasteiger partial charge in [-0.25, -0.2) is 0 Å². The van der Waals surface area contributed by atoms with Crippen molar-refractivity contribution in [3.8, 4) is 0 Å². The second kappa shape index (κ2) is 5.12. The Labute approximate surface area is 85.1 Å². The highest BCUT2D eigenvalue weighted by atomic mass is 16.3. The van der Waals surface area contributed by atoms with Crippen molar-refractivity contribution in [2.75, 3.05) is 13.2 Å². The van der Waals surface area contributed by atoms with Crippen LogP contribution in [0, 0.1) is 0 Å². The van der Waals surface area contributed by atoms with Crippen molar-refractivity contribution in [3.05, 3.63) is 18.0 Å². The maximum Gasteiger partial charge on any atom is 0.0558 e. The average Bonchev–Trinajstić information content (AvgIpc) is 2.51. The predicted octanol–water partition coefficient (Wildman–Crippen LogP) is 0.623. The van der Waals surface area contributed by atoms with Crippen molar-refractivity contribution >= 4 is 0 Å². The Morgan fingerprint density at radius 3 is 2.71 bits per heavy atom. The molecular weight excluding hydrogens is 178 g/mol. The first-order chi connectivity index (χ1) is 6.65.